The van der Waals surface area contributed by atoms with E-state index >= 15 is 0 Å². The predicted molar refractivity (Wildman–Crippen MR) is 67.4 cm³/mol. The van der Waals surface area contributed by atoms with Crippen molar-refractivity contribution in [3.63, 3.8) is 0 Å². The summed E-state index contributed by atoms with van der Waals surface area (Å²) in [5, 5.41) is 7.98. The zero-order chi connectivity index (χ0) is 10.7. The second-order valence-electron chi connectivity index (χ2n) is 4.91. The van der Waals surface area contributed by atoms with Crippen LogP contribution in [0.4, 0.5) is 0 Å². The summed E-state index contributed by atoms with van der Waals surface area (Å²) in [4.78, 5) is 0. The molecule has 3 atom stereocenters. The third-order valence-electron chi connectivity index (χ3n) is 3.69. The molecule has 2 rings (SSSR count). The zero-order valence-electron chi connectivity index (χ0n) is 9.70. The Hall–Kier alpha value is -0.340. The Balaban J connectivity index is 1.98. The molecule has 2 heteroatoms. The molecule has 1 aliphatic rings. The lowest BCUT2D eigenvalue weighted by atomic mass is 9.76. The van der Waals surface area contributed by atoms with E-state index < -0.39 is 0 Å². The van der Waals surface area contributed by atoms with Gasteiger partial charge in [-0.2, -0.15) is 11.3 Å². The Morgan fingerprint density at radius 3 is 3.00 bits per heavy atom. The Labute approximate surface area is 96.9 Å². The molecule has 84 valence electrons. The summed E-state index contributed by atoms with van der Waals surface area (Å²) in [6.07, 6.45) is 5.40. The third kappa shape index (κ3) is 2.82. The van der Waals surface area contributed by atoms with Gasteiger partial charge < -0.3 is 5.32 Å². The van der Waals surface area contributed by atoms with Crippen LogP contribution in [0.5, 0.6) is 0 Å². The van der Waals surface area contributed by atoms with Crippen molar-refractivity contribution in [1.29, 1.82) is 0 Å². The van der Waals surface area contributed by atoms with Crippen molar-refractivity contribution >= 4 is 11.3 Å². The molecule has 15 heavy (non-hydrogen) atoms. The van der Waals surface area contributed by atoms with Gasteiger partial charge in [-0.25, -0.2) is 0 Å². The summed E-state index contributed by atoms with van der Waals surface area (Å²) < 4.78 is 0. The molecule has 0 bridgehead atoms. The van der Waals surface area contributed by atoms with Gasteiger partial charge in [0, 0.05) is 6.04 Å². The van der Waals surface area contributed by atoms with Gasteiger partial charge in [0.1, 0.15) is 0 Å². The highest BCUT2D eigenvalue weighted by molar-refractivity contribution is 7.07. The molecular weight excluding hydrogens is 202 g/mol. The average Bonchev–Trinajstić information content (AvgIpc) is 2.71. The number of hydrogen-bond acceptors (Lipinski definition) is 2. The minimum atomic E-state index is 0.737. The van der Waals surface area contributed by atoms with Crippen molar-refractivity contribution in [3.05, 3.63) is 22.4 Å². The lowest BCUT2D eigenvalue weighted by Gasteiger charge is -2.34. The molecule has 0 amide bonds. The number of hydrogen-bond donors (Lipinski definition) is 1. The normalized spacial score (nSPS) is 31.7. The summed E-state index contributed by atoms with van der Waals surface area (Å²) in [5.74, 6) is 1.76. The number of thiophene rings is 1. The summed E-state index contributed by atoms with van der Waals surface area (Å²) >= 11 is 1.82. The van der Waals surface area contributed by atoms with Gasteiger partial charge in [0.15, 0.2) is 0 Å². The van der Waals surface area contributed by atoms with E-state index in [1.165, 1.54) is 31.2 Å². The fraction of sp³-hybridized carbons (Fsp3) is 0.692. The molecule has 1 fully saturated rings. The Morgan fingerprint density at radius 1 is 1.47 bits per heavy atom. The molecule has 1 aromatic rings. The first kappa shape index (κ1) is 11.2. The molecule has 0 spiro atoms. The zero-order valence-corrected chi connectivity index (χ0v) is 10.5. The lowest BCUT2D eigenvalue weighted by molar-refractivity contribution is 0.220. The fourth-order valence-corrected chi connectivity index (χ4v) is 3.50. The highest BCUT2D eigenvalue weighted by atomic mass is 32.1. The van der Waals surface area contributed by atoms with E-state index in [2.05, 4.69) is 36.1 Å². The van der Waals surface area contributed by atoms with Crippen LogP contribution in [0.3, 0.4) is 0 Å². The van der Waals surface area contributed by atoms with Crippen molar-refractivity contribution in [1.82, 2.24) is 5.32 Å². The molecule has 1 aromatic heterocycles. The van der Waals surface area contributed by atoms with E-state index in [0.717, 1.165) is 17.9 Å². The number of nitrogens with one attached hydrogen (secondary N) is 1. The second kappa shape index (κ2) is 5.13. The molecule has 1 saturated carbocycles. The quantitative estimate of drug-likeness (QED) is 0.829. The molecule has 1 heterocycles. The molecule has 0 aromatic carbocycles. The van der Waals surface area contributed by atoms with Crippen molar-refractivity contribution in [2.24, 2.45) is 11.8 Å². The van der Waals surface area contributed by atoms with E-state index in [1.54, 1.807) is 0 Å². The summed E-state index contributed by atoms with van der Waals surface area (Å²) in [6.45, 7) is 2.40. The van der Waals surface area contributed by atoms with E-state index in [9.17, 15) is 0 Å². The van der Waals surface area contributed by atoms with Crippen molar-refractivity contribution in [2.45, 2.75) is 38.6 Å². The smallest absolute Gasteiger partial charge is 0.00957 e. The molecular formula is C13H21NS. The molecule has 3 unspecified atom stereocenters. The molecule has 1 N–H and O–H groups in total. The van der Waals surface area contributed by atoms with Gasteiger partial charge in [-0.15, -0.1) is 0 Å². The van der Waals surface area contributed by atoms with Gasteiger partial charge in [-0.3, -0.25) is 0 Å². The average molecular weight is 223 g/mol. The second-order valence-corrected chi connectivity index (χ2v) is 5.69. The van der Waals surface area contributed by atoms with Gasteiger partial charge >= 0.3 is 0 Å². The van der Waals surface area contributed by atoms with E-state index in [1.807, 2.05) is 11.3 Å². The van der Waals surface area contributed by atoms with Gasteiger partial charge in [-0.05, 0) is 67.0 Å². The standard InChI is InChI=1S/C13H21NS/c1-10-3-4-13(14-2)12(7-10)8-11-5-6-15-9-11/h5-6,9-10,12-14H,3-4,7-8H2,1-2H3. The topological polar surface area (TPSA) is 12.0 Å². The Bertz CT molecular complexity index is 281. The first-order chi connectivity index (χ1) is 7.29. The third-order valence-corrected chi connectivity index (χ3v) is 4.43. The molecule has 0 aliphatic heterocycles. The van der Waals surface area contributed by atoms with Crippen LogP contribution in [-0.4, -0.2) is 13.1 Å². The Morgan fingerprint density at radius 2 is 2.33 bits per heavy atom. The minimum Gasteiger partial charge on any atom is -0.317 e. The van der Waals surface area contributed by atoms with Crippen LogP contribution in [0.25, 0.3) is 0 Å². The Kier molecular flexibility index (Phi) is 3.81. The first-order valence-corrected chi connectivity index (χ1v) is 6.92. The molecule has 1 aliphatic carbocycles. The van der Waals surface area contributed by atoms with Crippen LogP contribution in [-0.2, 0) is 6.42 Å². The van der Waals surface area contributed by atoms with Crippen LogP contribution < -0.4 is 5.32 Å². The maximum Gasteiger partial charge on any atom is 0.00957 e. The van der Waals surface area contributed by atoms with Crippen molar-refractivity contribution < 1.29 is 0 Å². The van der Waals surface area contributed by atoms with Crippen molar-refractivity contribution in [2.75, 3.05) is 7.05 Å². The predicted octanol–water partition coefficient (Wildman–Crippen LogP) is 3.31. The van der Waals surface area contributed by atoms with Gasteiger partial charge in [-0.1, -0.05) is 6.92 Å². The lowest BCUT2D eigenvalue weighted by Crippen LogP contribution is -2.39. The summed E-state index contributed by atoms with van der Waals surface area (Å²) in [6, 6.07) is 3.01. The van der Waals surface area contributed by atoms with E-state index in [-0.39, 0.29) is 0 Å². The highest BCUT2D eigenvalue weighted by Gasteiger charge is 2.27. The van der Waals surface area contributed by atoms with Crippen LogP contribution in [0.15, 0.2) is 16.8 Å². The fourth-order valence-electron chi connectivity index (χ4n) is 2.82. The monoisotopic (exact) mass is 223 g/mol. The highest BCUT2D eigenvalue weighted by Crippen LogP contribution is 2.31. The number of rotatable bonds is 3. The maximum atomic E-state index is 3.49. The van der Waals surface area contributed by atoms with Crippen LogP contribution >= 0.6 is 11.3 Å². The van der Waals surface area contributed by atoms with Crippen LogP contribution in [0, 0.1) is 11.8 Å². The van der Waals surface area contributed by atoms with Crippen LogP contribution in [0.1, 0.15) is 31.7 Å². The first-order valence-electron chi connectivity index (χ1n) is 5.98. The molecule has 0 saturated heterocycles. The van der Waals surface area contributed by atoms with Gasteiger partial charge in [0.2, 0.25) is 0 Å². The van der Waals surface area contributed by atoms with Crippen LogP contribution in [0.2, 0.25) is 0 Å². The molecule has 1 nitrogen and oxygen atoms in total. The summed E-state index contributed by atoms with van der Waals surface area (Å²) in [5.41, 5.74) is 1.53. The largest absolute Gasteiger partial charge is 0.317 e. The van der Waals surface area contributed by atoms with Gasteiger partial charge in [0.25, 0.3) is 0 Å². The summed E-state index contributed by atoms with van der Waals surface area (Å²) in [7, 11) is 2.11. The van der Waals surface area contributed by atoms with Gasteiger partial charge in [0.05, 0.1) is 0 Å². The SMILES string of the molecule is CNC1CCC(C)CC1Cc1ccsc1. The minimum absolute atomic E-state index is 0.737. The molecule has 0 radical (unpaired) electrons. The van der Waals surface area contributed by atoms with E-state index in [0.29, 0.717) is 0 Å². The van der Waals surface area contributed by atoms with E-state index in [4.69, 9.17) is 0 Å². The van der Waals surface area contributed by atoms with Crippen molar-refractivity contribution in [3.8, 4) is 0 Å². The maximum absolute atomic E-state index is 3.49.